The van der Waals surface area contributed by atoms with E-state index in [4.69, 9.17) is 4.74 Å². The molecular weight excluding hydrogens is 414 g/mol. The Morgan fingerprint density at radius 1 is 1.06 bits per heavy atom. The van der Waals surface area contributed by atoms with Crippen LogP contribution in [0.25, 0.3) is 5.69 Å². The maximum Gasteiger partial charge on any atom is 0.251 e. The molecule has 0 saturated carbocycles. The van der Waals surface area contributed by atoms with Crippen LogP contribution in [0.15, 0.2) is 60.0 Å². The van der Waals surface area contributed by atoms with Crippen molar-refractivity contribution in [2.45, 2.75) is 31.5 Å². The van der Waals surface area contributed by atoms with Crippen LogP contribution in [0, 0.1) is 0 Å². The third-order valence-electron chi connectivity index (χ3n) is 4.12. The van der Waals surface area contributed by atoms with Crippen molar-refractivity contribution >= 4 is 29.3 Å². The Labute approximate surface area is 185 Å². The van der Waals surface area contributed by atoms with Crippen LogP contribution < -0.4 is 15.4 Å². The highest BCUT2D eigenvalue weighted by molar-refractivity contribution is 7.99. The molecule has 0 aliphatic heterocycles. The Morgan fingerprint density at radius 3 is 2.35 bits per heavy atom. The van der Waals surface area contributed by atoms with E-state index in [9.17, 15) is 9.59 Å². The fourth-order valence-corrected chi connectivity index (χ4v) is 3.42. The molecule has 2 aromatic carbocycles. The minimum atomic E-state index is -0.312. The summed E-state index contributed by atoms with van der Waals surface area (Å²) in [6, 6.07) is 14.3. The topological polar surface area (TPSA) is 98.1 Å². The predicted octanol–water partition coefficient (Wildman–Crippen LogP) is 3.54. The van der Waals surface area contributed by atoms with E-state index in [0.717, 1.165) is 11.4 Å². The number of nitrogens with zero attached hydrogens (tertiary/aromatic N) is 3. The van der Waals surface area contributed by atoms with Crippen LogP contribution in [0.4, 0.5) is 5.69 Å². The molecule has 2 amide bonds. The van der Waals surface area contributed by atoms with Gasteiger partial charge in [-0.15, -0.1) is 10.2 Å². The summed E-state index contributed by atoms with van der Waals surface area (Å²) < 4.78 is 6.98. The second-order valence-corrected chi connectivity index (χ2v) is 8.74. The van der Waals surface area contributed by atoms with Gasteiger partial charge in [-0.05, 0) is 69.3 Å². The fourth-order valence-electron chi connectivity index (χ4n) is 2.69. The summed E-state index contributed by atoms with van der Waals surface area (Å²) in [6.07, 6.45) is 1.60. The number of ether oxygens (including phenoxy) is 1. The van der Waals surface area contributed by atoms with E-state index < -0.39 is 0 Å². The highest BCUT2D eigenvalue weighted by Crippen LogP contribution is 2.22. The van der Waals surface area contributed by atoms with E-state index in [1.165, 1.54) is 11.8 Å². The van der Waals surface area contributed by atoms with Gasteiger partial charge in [0.1, 0.15) is 12.1 Å². The minimum absolute atomic E-state index is 0.154. The van der Waals surface area contributed by atoms with Gasteiger partial charge in [-0.2, -0.15) is 0 Å². The minimum Gasteiger partial charge on any atom is -0.497 e. The number of hydrogen-bond donors (Lipinski definition) is 2. The summed E-state index contributed by atoms with van der Waals surface area (Å²) in [4.78, 5) is 24.5. The van der Waals surface area contributed by atoms with Gasteiger partial charge in [-0.25, -0.2) is 0 Å². The van der Waals surface area contributed by atoms with Crippen LogP contribution in [-0.4, -0.2) is 45.0 Å². The molecule has 9 heteroatoms. The predicted molar refractivity (Wildman–Crippen MR) is 121 cm³/mol. The SMILES string of the molecule is COc1ccc(-n2cnnc2SCC(=O)Nc2ccc(C(=O)NC(C)(C)C)cc2)cc1. The van der Waals surface area contributed by atoms with Gasteiger partial charge in [0, 0.05) is 22.5 Å². The number of aromatic nitrogens is 3. The normalized spacial score (nSPS) is 11.1. The molecule has 3 aromatic rings. The third kappa shape index (κ3) is 6.32. The molecule has 0 radical (unpaired) electrons. The van der Waals surface area contributed by atoms with E-state index in [-0.39, 0.29) is 23.1 Å². The van der Waals surface area contributed by atoms with Crippen molar-refractivity contribution in [3.05, 3.63) is 60.4 Å². The average Bonchev–Trinajstić information content (AvgIpc) is 3.20. The molecule has 8 nitrogen and oxygen atoms in total. The second kappa shape index (κ2) is 9.65. The third-order valence-corrected chi connectivity index (χ3v) is 5.06. The molecule has 162 valence electrons. The van der Waals surface area contributed by atoms with Crippen molar-refractivity contribution in [2.75, 3.05) is 18.2 Å². The number of nitrogens with one attached hydrogen (secondary N) is 2. The summed E-state index contributed by atoms with van der Waals surface area (Å²) in [6.45, 7) is 5.77. The summed E-state index contributed by atoms with van der Waals surface area (Å²) in [5.74, 6) is 0.591. The highest BCUT2D eigenvalue weighted by atomic mass is 32.2. The van der Waals surface area contributed by atoms with Gasteiger partial charge in [0.2, 0.25) is 5.91 Å². The number of thioether (sulfide) groups is 1. The molecule has 0 atom stereocenters. The van der Waals surface area contributed by atoms with E-state index in [0.29, 0.717) is 16.4 Å². The average molecular weight is 440 g/mol. The number of carbonyl (C=O) groups is 2. The summed E-state index contributed by atoms with van der Waals surface area (Å²) in [7, 11) is 1.61. The lowest BCUT2D eigenvalue weighted by Crippen LogP contribution is -2.40. The molecule has 3 rings (SSSR count). The van der Waals surface area contributed by atoms with Crippen LogP contribution >= 0.6 is 11.8 Å². The van der Waals surface area contributed by atoms with Crippen molar-refractivity contribution in [1.82, 2.24) is 20.1 Å². The fraction of sp³-hybridized carbons (Fsp3) is 0.273. The first-order chi connectivity index (χ1) is 14.7. The Morgan fingerprint density at radius 2 is 1.74 bits per heavy atom. The first-order valence-electron chi connectivity index (χ1n) is 9.65. The number of benzene rings is 2. The number of amides is 2. The van der Waals surface area contributed by atoms with E-state index in [1.807, 2.05) is 45.0 Å². The van der Waals surface area contributed by atoms with Crippen molar-refractivity contribution in [1.29, 1.82) is 0 Å². The lowest BCUT2D eigenvalue weighted by molar-refractivity contribution is -0.113. The van der Waals surface area contributed by atoms with Crippen LogP contribution in [-0.2, 0) is 4.79 Å². The summed E-state index contributed by atoms with van der Waals surface area (Å²) >= 11 is 1.28. The zero-order valence-corrected chi connectivity index (χ0v) is 18.7. The zero-order chi connectivity index (χ0) is 22.4. The number of rotatable bonds is 7. The largest absolute Gasteiger partial charge is 0.497 e. The van der Waals surface area contributed by atoms with Crippen molar-refractivity contribution in [3.63, 3.8) is 0 Å². The number of methoxy groups -OCH3 is 1. The first-order valence-corrected chi connectivity index (χ1v) is 10.6. The van der Waals surface area contributed by atoms with Gasteiger partial charge >= 0.3 is 0 Å². The van der Waals surface area contributed by atoms with Gasteiger partial charge in [0.05, 0.1) is 12.9 Å². The smallest absolute Gasteiger partial charge is 0.251 e. The van der Waals surface area contributed by atoms with Gasteiger partial charge in [0.15, 0.2) is 5.16 Å². The maximum absolute atomic E-state index is 12.4. The second-order valence-electron chi connectivity index (χ2n) is 7.80. The van der Waals surface area contributed by atoms with Gasteiger partial charge in [-0.3, -0.25) is 14.2 Å². The lowest BCUT2D eigenvalue weighted by Gasteiger charge is -2.20. The molecular formula is C22H25N5O3S. The number of carbonyl (C=O) groups excluding carboxylic acids is 2. The standard InChI is InChI=1S/C22H25N5O3S/c1-22(2,3)25-20(29)15-5-7-16(8-6-15)24-19(28)13-31-21-26-23-14-27(21)17-9-11-18(30-4)12-10-17/h5-12,14H,13H2,1-4H3,(H,24,28)(H,25,29). The quantitative estimate of drug-likeness (QED) is 0.547. The molecule has 0 unspecified atom stereocenters. The van der Waals surface area contributed by atoms with Crippen LogP contribution in [0.2, 0.25) is 0 Å². The first kappa shape index (κ1) is 22.4. The van der Waals surface area contributed by atoms with E-state index in [1.54, 1.807) is 42.3 Å². The zero-order valence-electron chi connectivity index (χ0n) is 17.9. The summed E-state index contributed by atoms with van der Waals surface area (Å²) in [5, 5.41) is 14.4. The van der Waals surface area contributed by atoms with Gasteiger partial charge in [0.25, 0.3) is 5.91 Å². The molecule has 0 aliphatic rings. The van der Waals surface area contributed by atoms with Gasteiger partial charge < -0.3 is 15.4 Å². The number of anilines is 1. The molecule has 0 saturated heterocycles. The van der Waals surface area contributed by atoms with Crippen molar-refractivity contribution in [2.24, 2.45) is 0 Å². The van der Waals surface area contributed by atoms with Crippen LogP contribution in [0.1, 0.15) is 31.1 Å². The van der Waals surface area contributed by atoms with Crippen LogP contribution in [0.3, 0.4) is 0 Å². The molecule has 31 heavy (non-hydrogen) atoms. The molecule has 1 heterocycles. The monoisotopic (exact) mass is 439 g/mol. The van der Waals surface area contributed by atoms with Crippen LogP contribution in [0.5, 0.6) is 5.75 Å². The maximum atomic E-state index is 12.4. The number of hydrogen-bond acceptors (Lipinski definition) is 6. The Bertz CT molecular complexity index is 1040. The Hall–Kier alpha value is -3.33. The van der Waals surface area contributed by atoms with E-state index >= 15 is 0 Å². The molecule has 1 aromatic heterocycles. The Balaban J connectivity index is 1.56. The van der Waals surface area contributed by atoms with Gasteiger partial charge in [-0.1, -0.05) is 11.8 Å². The van der Waals surface area contributed by atoms with E-state index in [2.05, 4.69) is 20.8 Å². The Kier molecular flexibility index (Phi) is 6.96. The van der Waals surface area contributed by atoms with Crippen molar-refractivity contribution < 1.29 is 14.3 Å². The molecule has 0 bridgehead atoms. The highest BCUT2D eigenvalue weighted by Gasteiger charge is 2.15. The summed E-state index contributed by atoms with van der Waals surface area (Å²) in [5.41, 5.74) is 1.72. The molecule has 0 spiro atoms. The molecule has 0 fully saturated rings. The lowest BCUT2D eigenvalue weighted by atomic mass is 10.1. The molecule has 0 aliphatic carbocycles. The van der Waals surface area contributed by atoms with Crippen molar-refractivity contribution in [3.8, 4) is 11.4 Å². The molecule has 2 N–H and O–H groups in total.